The van der Waals surface area contributed by atoms with E-state index >= 15 is 0 Å². The Hall–Kier alpha value is -1.16. The summed E-state index contributed by atoms with van der Waals surface area (Å²) in [6.07, 6.45) is 3.74. The maximum Gasteiger partial charge on any atom is 0.165 e. The number of rotatable bonds is 2. The predicted octanol–water partition coefficient (Wildman–Crippen LogP) is 1.41. The molecule has 0 atom stereocenters. The van der Waals surface area contributed by atoms with E-state index in [2.05, 4.69) is 10.3 Å². The molecular formula is C11H16FN3. The molecule has 1 saturated heterocycles. The molecule has 0 unspecified atom stereocenters. The van der Waals surface area contributed by atoms with E-state index in [0.717, 1.165) is 25.9 Å². The molecule has 1 aromatic heterocycles. The van der Waals surface area contributed by atoms with Crippen LogP contribution in [0.5, 0.6) is 0 Å². The van der Waals surface area contributed by atoms with Gasteiger partial charge in [0.05, 0.1) is 0 Å². The van der Waals surface area contributed by atoms with E-state index in [1.807, 2.05) is 11.9 Å². The van der Waals surface area contributed by atoms with Crippen LogP contribution in [-0.4, -0.2) is 31.2 Å². The van der Waals surface area contributed by atoms with Gasteiger partial charge in [-0.15, -0.1) is 0 Å². The Morgan fingerprint density at radius 2 is 2.20 bits per heavy atom. The molecule has 0 radical (unpaired) electrons. The highest BCUT2D eigenvalue weighted by molar-refractivity contribution is 5.39. The van der Waals surface area contributed by atoms with Crippen LogP contribution in [0.15, 0.2) is 18.3 Å². The molecule has 0 aliphatic carbocycles. The van der Waals surface area contributed by atoms with Gasteiger partial charge in [-0.1, -0.05) is 0 Å². The highest BCUT2D eigenvalue weighted by atomic mass is 19.1. The second kappa shape index (κ2) is 4.57. The van der Waals surface area contributed by atoms with Crippen LogP contribution in [0.3, 0.4) is 0 Å². The zero-order valence-corrected chi connectivity index (χ0v) is 8.91. The SMILES string of the molecule is CNC1CCN(c2ncccc2F)CC1. The van der Waals surface area contributed by atoms with Crippen molar-refractivity contribution in [1.29, 1.82) is 0 Å². The molecular weight excluding hydrogens is 193 g/mol. The number of halogens is 1. The van der Waals surface area contributed by atoms with E-state index in [4.69, 9.17) is 0 Å². The van der Waals surface area contributed by atoms with Gasteiger partial charge in [0.25, 0.3) is 0 Å². The van der Waals surface area contributed by atoms with Crippen LogP contribution < -0.4 is 10.2 Å². The standard InChI is InChI=1S/C11H16FN3/c1-13-9-4-7-15(8-5-9)11-10(12)3-2-6-14-11/h2-3,6,9,13H,4-5,7-8H2,1H3. The number of anilines is 1. The molecule has 2 rings (SSSR count). The topological polar surface area (TPSA) is 28.2 Å². The van der Waals surface area contributed by atoms with E-state index in [0.29, 0.717) is 11.9 Å². The Morgan fingerprint density at radius 1 is 1.47 bits per heavy atom. The fourth-order valence-electron chi connectivity index (χ4n) is 1.99. The first-order valence-electron chi connectivity index (χ1n) is 5.34. The maximum atomic E-state index is 13.4. The molecule has 0 spiro atoms. The maximum absolute atomic E-state index is 13.4. The second-order valence-corrected chi connectivity index (χ2v) is 3.86. The minimum absolute atomic E-state index is 0.222. The number of aromatic nitrogens is 1. The molecule has 0 aromatic carbocycles. The third kappa shape index (κ3) is 2.26. The summed E-state index contributed by atoms with van der Waals surface area (Å²) in [5.74, 6) is 0.271. The quantitative estimate of drug-likeness (QED) is 0.798. The lowest BCUT2D eigenvalue weighted by Crippen LogP contribution is -2.41. The van der Waals surface area contributed by atoms with Crippen LogP contribution in [0.2, 0.25) is 0 Å². The number of pyridine rings is 1. The van der Waals surface area contributed by atoms with Gasteiger partial charge in [-0.05, 0) is 32.0 Å². The average molecular weight is 209 g/mol. The summed E-state index contributed by atoms with van der Waals surface area (Å²) in [5.41, 5.74) is 0. The molecule has 3 nitrogen and oxygen atoms in total. The summed E-state index contributed by atoms with van der Waals surface area (Å²) in [5, 5.41) is 3.25. The lowest BCUT2D eigenvalue weighted by Gasteiger charge is -2.32. The zero-order valence-electron chi connectivity index (χ0n) is 8.91. The molecule has 4 heteroatoms. The molecule has 1 aliphatic rings. The van der Waals surface area contributed by atoms with Gasteiger partial charge in [-0.2, -0.15) is 0 Å². The van der Waals surface area contributed by atoms with Gasteiger partial charge in [0, 0.05) is 25.3 Å². The summed E-state index contributed by atoms with van der Waals surface area (Å²) in [7, 11) is 1.97. The van der Waals surface area contributed by atoms with E-state index < -0.39 is 0 Å². The van der Waals surface area contributed by atoms with Crippen molar-refractivity contribution in [1.82, 2.24) is 10.3 Å². The number of hydrogen-bond donors (Lipinski definition) is 1. The van der Waals surface area contributed by atoms with Crippen LogP contribution in [0.25, 0.3) is 0 Å². The highest BCUT2D eigenvalue weighted by Gasteiger charge is 2.20. The normalized spacial score (nSPS) is 18.1. The minimum atomic E-state index is -0.222. The summed E-state index contributed by atoms with van der Waals surface area (Å²) >= 11 is 0. The zero-order chi connectivity index (χ0) is 10.7. The van der Waals surface area contributed by atoms with Gasteiger partial charge < -0.3 is 10.2 Å². The molecule has 82 valence electrons. The van der Waals surface area contributed by atoms with Crippen molar-refractivity contribution in [3.63, 3.8) is 0 Å². The van der Waals surface area contributed by atoms with Crippen molar-refractivity contribution in [2.24, 2.45) is 0 Å². The van der Waals surface area contributed by atoms with Gasteiger partial charge in [0.15, 0.2) is 11.6 Å². The molecule has 2 heterocycles. The number of hydrogen-bond acceptors (Lipinski definition) is 3. The average Bonchev–Trinajstić information content (AvgIpc) is 2.30. The van der Waals surface area contributed by atoms with Crippen molar-refractivity contribution >= 4 is 5.82 Å². The third-order valence-electron chi connectivity index (χ3n) is 2.94. The second-order valence-electron chi connectivity index (χ2n) is 3.86. The van der Waals surface area contributed by atoms with Crippen LogP contribution in [0.1, 0.15) is 12.8 Å². The Bertz CT molecular complexity index is 321. The van der Waals surface area contributed by atoms with Gasteiger partial charge in [-0.3, -0.25) is 0 Å². The Labute approximate surface area is 89.3 Å². The van der Waals surface area contributed by atoms with Crippen molar-refractivity contribution < 1.29 is 4.39 Å². The van der Waals surface area contributed by atoms with Gasteiger partial charge >= 0.3 is 0 Å². The monoisotopic (exact) mass is 209 g/mol. The minimum Gasteiger partial charge on any atom is -0.354 e. The van der Waals surface area contributed by atoms with Gasteiger partial charge in [0.2, 0.25) is 0 Å². The fourth-order valence-corrected chi connectivity index (χ4v) is 1.99. The van der Waals surface area contributed by atoms with Crippen LogP contribution in [-0.2, 0) is 0 Å². The van der Waals surface area contributed by atoms with Crippen LogP contribution >= 0.6 is 0 Å². The first kappa shape index (κ1) is 10.4. The summed E-state index contributed by atoms with van der Waals surface area (Å²) in [6, 6.07) is 3.65. The number of piperidine rings is 1. The van der Waals surface area contributed by atoms with E-state index in [1.165, 1.54) is 6.07 Å². The van der Waals surface area contributed by atoms with Gasteiger partial charge in [-0.25, -0.2) is 9.37 Å². The first-order valence-corrected chi connectivity index (χ1v) is 5.34. The molecule has 1 fully saturated rings. The predicted molar refractivity (Wildman–Crippen MR) is 58.5 cm³/mol. The van der Waals surface area contributed by atoms with Crippen molar-refractivity contribution in [3.05, 3.63) is 24.1 Å². The summed E-state index contributed by atoms with van der Waals surface area (Å²) < 4.78 is 13.4. The van der Waals surface area contributed by atoms with Crippen LogP contribution in [0, 0.1) is 5.82 Å². The van der Waals surface area contributed by atoms with E-state index in [1.54, 1.807) is 12.3 Å². The van der Waals surface area contributed by atoms with E-state index in [9.17, 15) is 4.39 Å². The first-order chi connectivity index (χ1) is 7.31. The molecule has 0 amide bonds. The smallest absolute Gasteiger partial charge is 0.165 e. The van der Waals surface area contributed by atoms with E-state index in [-0.39, 0.29) is 5.82 Å². The van der Waals surface area contributed by atoms with Crippen LogP contribution in [0.4, 0.5) is 10.2 Å². The summed E-state index contributed by atoms with van der Waals surface area (Å²) in [4.78, 5) is 6.10. The molecule has 0 saturated carbocycles. The summed E-state index contributed by atoms with van der Waals surface area (Å²) in [6.45, 7) is 1.75. The van der Waals surface area contributed by atoms with Crippen molar-refractivity contribution in [3.8, 4) is 0 Å². The highest BCUT2D eigenvalue weighted by Crippen LogP contribution is 2.20. The van der Waals surface area contributed by atoms with Gasteiger partial charge in [0.1, 0.15) is 0 Å². The Kier molecular flexibility index (Phi) is 3.16. The lowest BCUT2D eigenvalue weighted by atomic mass is 10.1. The Balaban J connectivity index is 2.04. The number of nitrogens with zero attached hydrogens (tertiary/aromatic N) is 2. The Morgan fingerprint density at radius 3 is 2.80 bits per heavy atom. The molecule has 1 aromatic rings. The molecule has 1 aliphatic heterocycles. The third-order valence-corrected chi connectivity index (χ3v) is 2.94. The van der Waals surface area contributed by atoms with Crippen molar-refractivity contribution in [2.75, 3.05) is 25.0 Å². The van der Waals surface area contributed by atoms with Crippen molar-refractivity contribution in [2.45, 2.75) is 18.9 Å². The number of nitrogens with one attached hydrogen (secondary N) is 1. The largest absolute Gasteiger partial charge is 0.354 e. The molecule has 15 heavy (non-hydrogen) atoms. The molecule has 1 N–H and O–H groups in total. The lowest BCUT2D eigenvalue weighted by molar-refractivity contribution is 0.436. The fraction of sp³-hybridized carbons (Fsp3) is 0.545. The molecule has 0 bridgehead atoms.